The number of alkyl halides is 1. The molecule has 3 rings (SSSR count). The zero-order valence-corrected chi connectivity index (χ0v) is 12.9. The standard InChI is InChI=1S/C14H16BrClO2/c1-14(2)7-9(16)11-12(14)8(15)6-10-13(11)18-5-3-4-17-10/h6,9H,3-5,7H2,1-2H3. The Morgan fingerprint density at radius 3 is 2.83 bits per heavy atom. The predicted octanol–water partition coefficient (Wildman–Crippen LogP) is 4.57. The fourth-order valence-electron chi connectivity index (χ4n) is 2.94. The van der Waals surface area contributed by atoms with E-state index in [4.69, 9.17) is 21.1 Å². The molecule has 1 aromatic carbocycles. The Kier molecular flexibility index (Phi) is 3.02. The minimum atomic E-state index is 0.00273. The van der Waals surface area contributed by atoms with Gasteiger partial charge in [-0.2, -0.15) is 0 Å². The van der Waals surface area contributed by atoms with Crippen molar-refractivity contribution in [3.63, 3.8) is 0 Å². The second-order valence-electron chi connectivity index (χ2n) is 5.58. The van der Waals surface area contributed by atoms with E-state index in [1.807, 2.05) is 6.07 Å². The summed E-state index contributed by atoms with van der Waals surface area (Å²) in [5.74, 6) is 1.68. The number of fused-ring (bicyclic) bond motifs is 3. The normalized spacial score (nSPS) is 24.6. The monoisotopic (exact) mass is 330 g/mol. The maximum atomic E-state index is 6.53. The first-order chi connectivity index (χ1) is 8.50. The highest BCUT2D eigenvalue weighted by Crippen LogP contribution is 2.56. The molecule has 0 spiro atoms. The van der Waals surface area contributed by atoms with Gasteiger partial charge >= 0.3 is 0 Å². The lowest BCUT2D eigenvalue weighted by atomic mass is 9.86. The largest absolute Gasteiger partial charge is 0.490 e. The molecule has 1 aliphatic heterocycles. The van der Waals surface area contributed by atoms with Gasteiger partial charge in [-0.15, -0.1) is 11.6 Å². The lowest BCUT2D eigenvalue weighted by Crippen LogP contribution is -2.13. The van der Waals surface area contributed by atoms with E-state index in [9.17, 15) is 0 Å². The Morgan fingerprint density at radius 1 is 1.33 bits per heavy atom. The third-order valence-electron chi connectivity index (χ3n) is 3.71. The number of halogens is 2. The van der Waals surface area contributed by atoms with Crippen molar-refractivity contribution in [3.05, 3.63) is 21.7 Å². The Bertz CT molecular complexity index is 499. The molecular weight excluding hydrogens is 316 g/mol. The fraction of sp³-hybridized carbons (Fsp3) is 0.571. The predicted molar refractivity (Wildman–Crippen MR) is 76.0 cm³/mol. The summed E-state index contributed by atoms with van der Waals surface area (Å²) in [5.41, 5.74) is 2.46. The third-order valence-corrected chi connectivity index (χ3v) is 4.70. The molecule has 0 N–H and O–H groups in total. The van der Waals surface area contributed by atoms with Crippen molar-refractivity contribution < 1.29 is 9.47 Å². The van der Waals surface area contributed by atoms with Crippen LogP contribution in [0.1, 0.15) is 43.2 Å². The summed E-state index contributed by atoms with van der Waals surface area (Å²) in [6.45, 7) is 5.85. The topological polar surface area (TPSA) is 18.5 Å². The highest BCUT2D eigenvalue weighted by atomic mass is 79.9. The van der Waals surface area contributed by atoms with Crippen LogP contribution < -0.4 is 9.47 Å². The van der Waals surface area contributed by atoms with Crippen molar-refractivity contribution in [2.24, 2.45) is 0 Å². The molecule has 1 aromatic rings. The van der Waals surface area contributed by atoms with E-state index in [0.29, 0.717) is 13.2 Å². The molecule has 1 atom stereocenters. The van der Waals surface area contributed by atoms with Gasteiger partial charge in [0.1, 0.15) is 0 Å². The van der Waals surface area contributed by atoms with E-state index in [-0.39, 0.29) is 10.8 Å². The summed E-state index contributed by atoms with van der Waals surface area (Å²) >= 11 is 10.2. The SMILES string of the molecule is CC1(C)CC(Cl)c2c3c(cc(Br)c21)OCCCO3. The quantitative estimate of drug-likeness (QED) is 0.648. The molecule has 0 fully saturated rings. The first-order valence-electron chi connectivity index (χ1n) is 6.27. The highest BCUT2D eigenvalue weighted by molar-refractivity contribution is 9.10. The Labute approximate surface area is 121 Å². The zero-order valence-electron chi connectivity index (χ0n) is 10.6. The first kappa shape index (κ1) is 12.6. The molecule has 1 unspecified atom stereocenters. The van der Waals surface area contributed by atoms with Gasteiger partial charge in [0.2, 0.25) is 0 Å². The number of ether oxygens (including phenoxy) is 2. The number of benzene rings is 1. The number of hydrogen-bond acceptors (Lipinski definition) is 2. The van der Waals surface area contributed by atoms with Gasteiger partial charge in [0.15, 0.2) is 11.5 Å². The maximum absolute atomic E-state index is 6.53. The van der Waals surface area contributed by atoms with Gasteiger partial charge in [0.05, 0.1) is 18.6 Å². The zero-order chi connectivity index (χ0) is 12.9. The van der Waals surface area contributed by atoms with E-state index in [1.165, 1.54) is 5.56 Å². The van der Waals surface area contributed by atoms with Crippen LogP contribution in [0.25, 0.3) is 0 Å². The Hall–Kier alpha value is -0.410. The summed E-state index contributed by atoms with van der Waals surface area (Å²) in [7, 11) is 0. The van der Waals surface area contributed by atoms with Crippen molar-refractivity contribution in [1.82, 2.24) is 0 Å². The van der Waals surface area contributed by atoms with Gasteiger partial charge in [-0.1, -0.05) is 29.8 Å². The average molecular weight is 332 g/mol. The molecule has 1 heterocycles. The minimum Gasteiger partial charge on any atom is -0.490 e. The van der Waals surface area contributed by atoms with Crippen LogP contribution in [0.3, 0.4) is 0 Å². The van der Waals surface area contributed by atoms with Gasteiger partial charge in [0, 0.05) is 16.5 Å². The smallest absolute Gasteiger partial charge is 0.166 e. The van der Waals surface area contributed by atoms with Crippen molar-refractivity contribution in [3.8, 4) is 11.5 Å². The molecule has 0 radical (unpaired) electrons. The lowest BCUT2D eigenvalue weighted by Gasteiger charge is -2.21. The molecule has 1 aliphatic carbocycles. The molecule has 2 aliphatic rings. The van der Waals surface area contributed by atoms with Gasteiger partial charge in [-0.05, 0) is 23.5 Å². The van der Waals surface area contributed by atoms with Gasteiger partial charge in [-0.25, -0.2) is 0 Å². The summed E-state index contributed by atoms with van der Waals surface area (Å²) in [6, 6.07) is 2.02. The summed E-state index contributed by atoms with van der Waals surface area (Å²) in [6.07, 6.45) is 1.85. The van der Waals surface area contributed by atoms with Crippen LogP contribution in [0.2, 0.25) is 0 Å². The Balaban J connectivity index is 2.25. The van der Waals surface area contributed by atoms with Crippen LogP contribution in [0, 0.1) is 0 Å². The molecule has 0 saturated heterocycles. The maximum Gasteiger partial charge on any atom is 0.166 e. The van der Waals surface area contributed by atoms with Crippen molar-refractivity contribution in [1.29, 1.82) is 0 Å². The van der Waals surface area contributed by atoms with E-state index >= 15 is 0 Å². The lowest BCUT2D eigenvalue weighted by molar-refractivity contribution is 0.296. The van der Waals surface area contributed by atoms with Crippen LogP contribution in [0.5, 0.6) is 11.5 Å². The van der Waals surface area contributed by atoms with Crippen LogP contribution >= 0.6 is 27.5 Å². The third kappa shape index (κ3) is 1.83. The summed E-state index contributed by atoms with van der Waals surface area (Å²) in [4.78, 5) is 0. The highest BCUT2D eigenvalue weighted by Gasteiger charge is 2.41. The Morgan fingerprint density at radius 2 is 2.06 bits per heavy atom. The summed E-state index contributed by atoms with van der Waals surface area (Å²) in [5, 5.41) is 0.00273. The average Bonchev–Trinajstić information content (AvgIpc) is 2.46. The molecule has 0 aromatic heterocycles. The van der Waals surface area contributed by atoms with Gasteiger partial charge in [-0.3, -0.25) is 0 Å². The molecule has 98 valence electrons. The number of rotatable bonds is 0. The fourth-order valence-corrected chi connectivity index (χ4v) is 4.49. The first-order valence-corrected chi connectivity index (χ1v) is 7.50. The molecule has 2 nitrogen and oxygen atoms in total. The second-order valence-corrected chi connectivity index (χ2v) is 6.96. The van der Waals surface area contributed by atoms with Gasteiger partial charge in [0.25, 0.3) is 0 Å². The molecule has 0 saturated carbocycles. The summed E-state index contributed by atoms with van der Waals surface area (Å²) < 4.78 is 12.7. The van der Waals surface area contributed by atoms with E-state index in [1.54, 1.807) is 0 Å². The molecular formula is C14H16BrClO2. The molecule has 0 amide bonds. The number of hydrogen-bond donors (Lipinski definition) is 0. The van der Waals surface area contributed by atoms with E-state index in [2.05, 4.69) is 29.8 Å². The van der Waals surface area contributed by atoms with E-state index in [0.717, 1.165) is 34.4 Å². The van der Waals surface area contributed by atoms with E-state index < -0.39 is 0 Å². The van der Waals surface area contributed by atoms with Crippen molar-refractivity contribution in [2.75, 3.05) is 13.2 Å². The molecule has 18 heavy (non-hydrogen) atoms. The van der Waals surface area contributed by atoms with Crippen LogP contribution in [-0.2, 0) is 5.41 Å². The molecule has 0 bridgehead atoms. The van der Waals surface area contributed by atoms with Crippen molar-refractivity contribution >= 4 is 27.5 Å². The minimum absolute atomic E-state index is 0.00273. The van der Waals surface area contributed by atoms with Crippen molar-refractivity contribution in [2.45, 2.75) is 37.5 Å². The van der Waals surface area contributed by atoms with Crippen LogP contribution in [0.15, 0.2) is 10.5 Å². The van der Waals surface area contributed by atoms with Gasteiger partial charge < -0.3 is 9.47 Å². The molecule has 4 heteroatoms. The van der Waals surface area contributed by atoms with Crippen LogP contribution in [0.4, 0.5) is 0 Å². The second kappa shape index (κ2) is 4.31. The van der Waals surface area contributed by atoms with Crippen LogP contribution in [-0.4, -0.2) is 13.2 Å².